The van der Waals surface area contributed by atoms with E-state index >= 15 is 0 Å². The van der Waals surface area contributed by atoms with Crippen molar-refractivity contribution in [3.8, 4) is 0 Å². The van der Waals surface area contributed by atoms with E-state index in [0.717, 1.165) is 37.0 Å². The summed E-state index contributed by atoms with van der Waals surface area (Å²) in [7, 11) is 0. The maximum absolute atomic E-state index is 12.5. The molecule has 0 aliphatic heterocycles. The minimum absolute atomic E-state index is 0.177. The zero-order chi connectivity index (χ0) is 14.8. The quantitative estimate of drug-likeness (QED) is 0.785. The number of hydrogen-bond donors (Lipinski definition) is 1. The summed E-state index contributed by atoms with van der Waals surface area (Å²) in [4.78, 5) is 23.4. The predicted octanol–water partition coefficient (Wildman–Crippen LogP) is 3.32. The molecule has 2 bridgehead atoms. The molecule has 0 radical (unpaired) electrons. The van der Waals surface area contributed by atoms with Crippen LogP contribution in [0.5, 0.6) is 0 Å². The summed E-state index contributed by atoms with van der Waals surface area (Å²) in [6, 6.07) is 0. The van der Waals surface area contributed by atoms with Gasteiger partial charge in [-0.1, -0.05) is 13.8 Å². The van der Waals surface area contributed by atoms with Crippen LogP contribution in [0.1, 0.15) is 65.7 Å². The Morgan fingerprint density at radius 3 is 2.30 bits per heavy atom. The maximum atomic E-state index is 12.5. The van der Waals surface area contributed by atoms with Crippen molar-refractivity contribution in [2.75, 3.05) is 6.54 Å². The smallest absolute Gasteiger partial charge is 0.225 e. The number of amides is 1. The summed E-state index contributed by atoms with van der Waals surface area (Å²) in [6.45, 7) is 6.73. The van der Waals surface area contributed by atoms with Gasteiger partial charge in [-0.15, -0.1) is 0 Å². The molecule has 2 aliphatic carbocycles. The van der Waals surface area contributed by atoms with Gasteiger partial charge < -0.3 is 10.1 Å². The Balaban J connectivity index is 1.84. The van der Waals surface area contributed by atoms with Crippen LogP contribution in [0.3, 0.4) is 0 Å². The lowest BCUT2D eigenvalue weighted by Gasteiger charge is -2.46. The van der Waals surface area contributed by atoms with Crippen molar-refractivity contribution in [1.82, 2.24) is 5.32 Å². The van der Waals surface area contributed by atoms with Crippen LogP contribution in [0.2, 0.25) is 0 Å². The van der Waals surface area contributed by atoms with Crippen LogP contribution in [-0.2, 0) is 9.59 Å². The third-order valence-electron chi connectivity index (χ3n) is 5.16. The van der Waals surface area contributed by atoms with Crippen LogP contribution in [-0.4, -0.2) is 18.2 Å². The lowest BCUT2D eigenvalue weighted by molar-refractivity contribution is -0.135. The van der Waals surface area contributed by atoms with Crippen LogP contribution in [0.15, 0.2) is 0 Å². The minimum Gasteiger partial charge on any atom is -0.356 e. The van der Waals surface area contributed by atoms with E-state index in [9.17, 15) is 9.59 Å². The monoisotopic (exact) mass is 279 g/mol. The molecule has 3 heteroatoms. The van der Waals surface area contributed by atoms with Crippen LogP contribution in [0, 0.1) is 23.2 Å². The fraction of sp³-hybridized carbons (Fsp3) is 0.882. The Kier molecular flexibility index (Phi) is 4.87. The standard InChI is InChI=1S/C17H29NO2/c1-12-7-14-9-15(8-12)11-17(3,10-14)16(20)18-6-4-5-13(2)19/h12,14-15H,4-11H2,1-3H3,(H,18,20). The molecule has 2 saturated carbocycles. The molecule has 2 atom stereocenters. The van der Waals surface area contributed by atoms with Crippen molar-refractivity contribution >= 4 is 11.7 Å². The van der Waals surface area contributed by atoms with E-state index in [0.29, 0.717) is 13.0 Å². The van der Waals surface area contributed by atoms with Gasteiger partial charge in [0.25, 0.3) is 0 Å². The second kappa shape index (κ2) is 6.28. The van der Waals surface area contributed by atoms with Gasteiger partial charge in [-0.3, -0.25) is 4.79 Å². The molecule has 2 rings (SSSR count). The molecule has 114 valence electrons. The van der Waals surface area contributed by atoms with Crippen molar-refractivity contribution in [2.24, 2.45) is 23.2 Å². The van der Waals surface area contributed by atoms with E-state index in [1.165, 1.54) is 19.3 Å². The largest absolute Gasteiger partial charge is 0.356 e. The summed E-state index contributed by atoms with van der Waals surface area (Å²) in [5.41, 5.74) is -0.177. The molecule has 1 N–H and O–H groups in total. The zero-order valence-electron chi connectivity index (χ0n) is 13.2. The lowest BCUT2D eigenvalue weighted by Crippen LogP contribution is -2.46. The van der Waals surface area contributed by atoms with Gasteiger partial charge in [-0.05, 0) is 63.2 Å². The van der Waals surface area contributed by atoms with Gasteiger partial charge in [0.05, 0.1) is 0 Å². The molecule has 0 heterocycles. The highest BCUT2D eigenvalue weighted by Gasteiger charge is 2.44. The summed E-state index contributed by atoms with van der Waals surface area (Å²) in [6.07, 6.45) is 7.35. The predicted molar refractivity (Wildman–Crippen MR) is 80.3 cm³/mol. The maximum Gasteiger partial charge on any atom is 0.225 e. The lowest BCUT2D eigenvalue weighted by atomic mass is 9.59. The Morgan fingerprint density at radius 2 is 1.75 bits per heavy atom. The van der Waals surface area contributed by atoms with Gasteiger partial charge in [0, 0.05) is 18.4 Å². The van der Waals surface area contributed by atoms with E-state index in [4.69, 9.17) is 0 Å². The number of fused-ring (bicyclic) bond motifs is 2. The van der Waals surface area contributed by atoms with Crippen LogP contribution < -0.4 is 5.32 Å². The molecule has 0 spiro atoms. The van der Waals surface area contributed by atoms with Crippen LogP contribution in [0.4, 0.5) is 0 Å². The van der Waals surface area contributed by atoms with Crippen LogP contribution in [0.25, 0.3) is 0 Å². The molecule has 2 fully saturated rings. The van der Waals surface area contributed by atoms with Crippen molar-refractivity contribution in [3.05, 3.63) is 0 Å². The molecular formula is C17H29NO2. The van der Waals surface area contributed by atoms with Crippen molar-refractivity contribution < 1.29 is 9.59 Å². The zero-order valence-corrected chi connectivity index (χ0v) is 13.2. The topological polar surface area (TPSA) is 46.2 Å². The molecule has 2 unspecified atom stereocenters. The Hall–Kier alpha value is -0.860. The van der Waals surface area contributed by atoms with Crippen molar-refractivity contribution in [3.63, 3.8) is 0 Å². The van der Waals surface area contributed by atoms with Crippen LogP contribution >= 0.6 is 0 Å². The first kappa shape index (κ1) is 15.5. The van der Waals surface area contributed by atoms with E-state index in [2.05, 4.69) is 19.2 Å². The van der Waals surface area contributed by atoms with E-state index < -0.39 is 0 Å². The second-order valence-electron chi connectivity index (χ2n) is 7.57. The molecular weight excluding hydrogens is 250 g/mol. The third-order valence-corrected chi connectivity index (χ3v) is 5.16. The SMILES string of the molecule is CC(=O)CCCNC(=O)C1(C)CC2CC(C)CC(C2)C1. The highest BCUT2D eigenvalue weighted by molar-refractivity contribution is 5.82. The number of rotatable bonds is 5. The first-order chi connectivity index (χ1) is 9.39. The van der Waals surface area contributed by atoms with E-state index in [1.54, 1.807) is 6.92 Å². The summed E-state index contributed by atoms with van der Waals surface area (Å²) >= 11 is 0. The Bertz CT molecular complexity index is 359. The Labute approximate surface area is 122 Å². The second-order valence-corrected chi connectivity index (χ2v) is 7.57. The van der Waals surface area contributed by atoms with Gasteiger partial charge >= 0.3 is 0 Å². The molecule has 2 aliphatic rings. The molecule has 3 nitrogen and oxygen atoms in total. The van der Waals surface area contributed by atoms with E-state index in [-0.39, 0.29) is 17.1 Å². The number of hydrogen-bond acceptors (Lipinski definition) is 2. The first-order valence-electron chi connectivity index (χ1n) is 8.17. The number of carbonyl (C=O) groups excluding carboxylic acids is 2. The molecule has 0 saturated heterocycles. The van der Waals surface area contributed by atoms with E-state index in [1.807, 2.05) is 0 Å². The van der Waals surface area contributed by atoms with Gasteiger partial charge in [0.1, 0.15) is 5.78 Å². The summed E-state index contributed by atoms with van der Waals surface area (Å²) in [5.74, 6) is 2.73. The molecule has 1 amide bonds. The average molecular weight is 279 g/mol. The molecule has 0 aromatic heterocycles. The first-order valence-corrected chi connectivity index (χ1v) is 8.17. The highest BCUT2D eigenvalue weighted by atomic mass is 16.2. The van der Waals surface area contributed by atoms with Gasteiger partial charge in [-0.2, -0.15) is 0 Å². The van der Waals surface area contributed by atoms with Crippen molar-refractivity contribution in [2.45, 2.75) is 65.7 Å². The normalized spacial score (nSPS) is 36.5. The van der Waals surface area contributed by atoms with Gasteiger partial charge in [0.2, 0.25) is 5.91 Å². The van der Waals surface area contributed by atoms with Crippen molar-refractivity contribution in [1.29, 1.82) is 0 Å². The van der Waals surface area contributed by atoms with Gasteiger partial charge in [-0.25, -0.2) is 0 Å². The molecule has 20 heavy (non-hydrogen) atoms. The number of Topliss-reactive ketones (excluding diaryl/α,β-unsaturated/α-hetero) is 1. The fourth-order valence-corrected chi connectivity index (χ4v) is 4.53. The Morgan fingerprint density at radius 1 is 1.15 bits per heavy atom. The third kappa shape index (κ3) is 3.83. The minimum atomic E-state index is -0.177. The highest BCUT2D eigenvalue weighted by Crippen LogP contribution is 2.50. The fourth-order valence-electron chi connectivity index (χ4n) is 4.53. The molecule has 0 aromatic carbocycles. The summed E-state index contributed by atoms with van der Waals surface area (Å²) < 4.78 is 0. The average Bonchev–Trinajstić information content (AvgIpc) is 2.32. The number of ketones is 1. The van der Waals surface area contributed by atoms with Gasteiger partial charge in [0.15, 0.2) is 0 Å². The molecule has 0 aromatic rings. The number of carbonyl (C=O) groups is 2. The summed E-state index contributed by atoms with van der Waals surface area (Å²) in [5, 5.41) is 3.06. The number of nitrogens with one attached hydrogen (secondary N) is 1.